The first kappa shape index (κ1) is 15.0. The summed E-state index contributed by atoms with van der Waals surface area (Å²) in [5.41, 5.74) is 0.165. The molecule has 0 atom stereocenters. The van der Waals surface area contributed by atoms with Gasteiger partial charge in [-0.15, -0.1) is 0 Å². The highest BCUT2D eigenvalue weighted by Crippen LogP contribution is 2.18. The zero-order valence-electron chi connectivity index (χ0n) is 10.5. The van der Waals surface area contributed by atoms with E-state index in [0.717, 1.165) is 6.42 Å². The van der Waals surface area contributed by atoms with Crippen molar-refractivity contribution in [2.24, 2.45) is 13.0 Å². The van der Waals surface area contributed by atoms with Crippen molar-refractivity contribution in [3.8, 4) is 0 Å². The van der Waals surface area contributed by atoms with Crippen LogP contribution in [-0.4, -0.2) is 25.6 Å². The minimum Gasteiger partial charge on any atom is -0.461 e. The zero-order chi connectivity index (χ0) is 13.9. The van der Waals surface area contributed by atoms with E-state index in [1.54, 1.807) is 7.05 Å². The van der Waals surface area contributed by atoms with Crippen molar-refractivity contribution >= 4 is 25.7 Å². The molecule has 0 aliphatic rings. The summed E-state index contributed by atoms with van der Waals surface area (Å²) in [5.74, 6) is -0.116. The van der Waals surface area contributed by atoms with E-state index in [0.29, 0.717) is 12.5 Å². The summed E-state index contributed by atoms with van der Waals surface area (Å²) < 4.78 is 28.7. The first-order valence-electron chi connectivity index (χ1n) is 5.50. The number of aromatic nitrogens is 1. The molecule has 0 N–H and O–H groups in total. The van der Waals surface area contributed by atoms with Crippen molar-refractivity contribution < 1.29 is 17.9 Å². The Morgan fingerprint density at radius 1 is 1.50 bits per heavy atom. The molecule has 102 valence electrons. The van der Waals surface area contributed by atoms with Crippen LogP contribution in [0.4, 0.5) is 0 Å². The lowest BCUT2D eigenvalue weighted by atomic mass is 10.1. The Bertz CT molecular complexity index is 533. The first-order chi connectivity index (χ1) is 8.21. The van der Waals surface area contributed by atoms with Gasteiger partial charge < -0.3 is 9.30 Å². The van der Waals surface area contributed by atoms with E-state index < -0.39 is 15.0 Å². The lowest BCUT2D eigenvalue weighted by Gasteiger charge is -2.06. The number of ether oxygens (including phenoxy) is 1. The number of rotatable bonds is 5. The van der Waals surface area contributed by atoms with Crippen LogP contribution < -0.4 is 0 Å². The molecular weight excluding hydrogens is 278 g/mol. The van der Waals surface area contributed by atoms with E-state index in [9.17, 15) is 13.2 Å². The smallest absolute Gasteiger partial charge is 0.354 e. The van der Waals surface area contributed by atoms with Crippen molar-refractivity contribution in [1.29, 1.82) is 0 Å². The Morgan fingerprint density at radius 3 is 2.56 bits per heavy atom. The maximum atomic E-state index is 11.7. The molecule has 5 nitrogen and oxygen atoms in total. The number of halogens is 1. The lowest BCUT2D eigenvalue weighted by molar-refractivity contribution is 0.0477. The second-order valence-electron chi connectivity index (χ2n) is 4.43. The van der Waals surface area contributed by atoms with Gasteiger partial charge in [0.25, 0.3) is 9.05 Å². The maximum absolute atomic E-state index is 11.7. The number of hydrogen-bond acceptors (Lipinski definition) is 4. The van der Waals surface area contributed by atoms with E-state index in [1.165, 1.54) is 16.8 Å². The van der Waals surface area contributed by atoms with Crippen molar-refractivity contribution in [3.63, 3.8) is 0 Å². The van der Waals surface area contributed by atoms with Crippen LogP contribution in [0.5, 0.6) is 0 Å². The molecule has 1 aromatic heterocycles. The van der Waals surface area contributed by atoms with Gasteiger partial charge in [-0.25, -0.2) is 13.2 Å². The quantitative estimate of drug-likeness (QED) is 0.616. The third-order valence-corrected chi connectivity index (χ3v) is 3.72. The third kappa shape index (κ3) is 4.03. The molecule has 0 fully saturated rings. The van der Waals surface area contributed by atoms with Gasteiger partial charge in [-0.3, -0.25) is 0 Å². The molecule has 0 saturated carbocycles. The average molecular weight is 294 g/mol. The van der Waals surface area contributed by atoms with E-state index in [4.69, 9.17) is 15.4 Å². The van der Waals surface area contributed by atoms with Gasteiger partial charge in [0.15, 0.2) is 0 Å². The molecule has 7 heteroatoms. The van der Waals surface area contributed by atoms with Gasteiger partial charge >= 0.3 is 5.97 Å². The lowest BCUT2D eigenvalue weighted by Crippen LogP contribution is -2.11. The largest absolute Gasteiger partial charge is 0.461 e. The van der Waals surface area contributed by atoms with Gasteiger partial charge in [0.05, 0.1) is 6.61 Å². The second-order valence-corrected chi connectivity index (χ2v) is 6.99. The second kappa shape index (κ2) is 5.75. The standard InChI is InChI=1S/C11H16ClNO4S/c1-8(2)4-5-17-11(14)10-6-9(7-13(10)3)18(12,15)16/h6-8H,4-5H2,1-3H3. The molecule has 1 heterocycles. The Kier molecular flexibility index (Phi) is 4.81. The number of hydrogen-bond donors (Lipinski definition) is 0. The molecule has 0 saturated heterocycles. The highest BCUT2D eigenvalue weighted by molar-refractivity contribution is 8.13. The third-order valence-electron chi connectivity index (χ3n) is 2.40. The number of carbonyl (C=O) groups is 1. The van der Waals surface area contributed by atoms with E-state index >= 15 is 0 Å². The molecule has 0 radical (unpaired) electrons. The molecule has 1 rings (SSSR count). The average Bonchev–Trinajstić information content (AvgIpc) is 2.59. The Balaban J connectivity index is 2.78. The molecule has 0 aliphatic heterocycles. The highest BCUT2D eigenvalue weighted by Gasteiger charge is 2.19. The Labute approximate surface area is 111 Å². The van der Waals surface area contributed by atoms with Crippen LogP contribution in [0, 0.1) is 5.92 Å². The minimum atomic E-state index is -3.83. The van der Waals surface area contributed by atoms with Crippen molar-refractivity contribution in [2.45, 2.75) is 25.2 Å². The monoisotopic (exact) mass is 293 g/mol. The molecule has 0 spiro atoms. The van der Waals surface area contributed by atoms with E-state index in [-0.39, 0.29) is 10.6 Å². The number of nitrogens with zero attached hydrogens (tertiary/aromatic N) is 1. The fraction of sp³-hybridized carbons (Fsp3) is 0.545. The molecule has 0 unspecified atom stereocenters. The molecule has 0 aliphatic carbocycles. The maximum Gasteiger partial charge on any atom is 0.354 e. The SMILES string of the molecule is CC(C)CCOC(=O)c1cc(S(=O)(=O)Cl)cn1C. The van der Waals surface area contributed by atoms with Crippen molar-refractivity contribution in [2.75, 3.05) is 6.61 Å². The van der Waals surface area contributed by atoms with Gasteiger partial charge in [0, 0.05) is 23.9 Å². The zero-order valence-corrected chi connectivity index (χ0v) is 12.1. The predicted octanol–water partition coefficient (Wildman–Crippen LogP) is 2.16. The van der Waals surface area contributed by atoms with Crippen molar-refractivity contribution in [3.05, 3.63) is 18.0 Å². The van der Waals surface area contributed by atoms with Crippen LogP contribution in [0.15, 0.2) is 17.2 Å². The van der Waals surface area contributed by atoms with Gasteiger partial charge in [0.2, 0.25) is 0 Å². The molecule has 1 aromatic rings. The summed E-state index contributed by atoms with van der Waals surface area (Å²) >= 11 is 0. The first-order valence-corrected chi connectivity index (χ1v) is 7.81. The van der Waals surface area contributed by atoms with Gasteiger partial charge in [-0.05, 0) is 18.4 Å². The summed E-state index contributed by atoms with van der Waals surface area (Å²) in [6.07, 6.45) is 2.04. The Morgan fingerprint density at radius 2 is 2.11 bits per heavy atom. The molecule has 0 amide bonds. The number of carbonyl (C=O) groups excluding carboxylic acids is 1. The topological polar surface area (TPSA) is 65.4 Å². The Hall–Kier alpha value is -1.01. The van der Waals surface area contributed by atoms with Crippen LogP contribution in [0.2, 0.25) is 0 Å². The van der Waals surface area contributed by atoms with E-state index in [1.807, 2.05) is 13.8 Å². The highest BCUT2D eigenvalue weighted by atomic mass is 35.7. The normalized spacial score (nSPS) is 11.8. The summed E-state index contributed by atoms with van der Waals surface area (Å²) in [5, 5.41) is 0. The van der Waals surface area contributed by atoms with Gasteiger partial charge in [-0.1, -0.05) is 13.8 Å². The summed E-state index contributed by atoms with van der Waals surface area (Å²) in [6.45, 7) is 4.35. The minimum absolute atomic E-state index is 0.109. The van der Waals surface area contributed by atoms with Crippen LogP contribution in [0.3, 0.4) is 0 Å². The number of aryl methyl sites for hydroxylation is 1. The van der Waals surface area contributed by atoms with Gasteiger partial charge in [-0.2, -0.15) is 0 Å². The van der Waals surface area contributed by atoms with Crippen molar-refractivity contribution in [1.82, 2.24) is 4.57 Å². The van der Waals surface area contributed by atoms with Gasteiger partial charge in [0.1, 0.15) is 10.6 Å². The fourth-order valence-electron chi connectivity index (χ4n) is 1.33. The van der Waals surface area contributed by atoms with E-state index in [2.05, 4.69) is 0 Å². The number of esters is 1. The summed E-state index contributed by atoms with van der Waals surface area (Å²) in [4.78, 5) is 11.6. The summed E-state index contributed by atoms with van der Waals surface area (Å²) in [6, 6.07) is 1.21. The van der Waals surface area contributed by atoms with Crippen LogP contribution >= 0.6 is 10.7 Å². The van der Waals surface area contributed by atoms with Crippen LogP contribution in [-0.2, 0) is 20.8 Å². The molecule has 0 aromatic carbocycles. The predicted molar refractivity (Wildman–Crippen MR) is 68.2 cm³/mol. The fourth-order valence-corrected chi connectivity index (χ4v) is 2.12. The summed E-state index contributed by atoms with van der Waals surface area (Å²) in [7, 11) is 2.93. The van der Waals surface area contributed by atoms with Crippen LogP contribution in [0.25, 0.3) is 0 Å². The molecule has 0 bridgehead atoms. The van der Waals surface area contributed by atoms with Crippen LogP contribution in [0.1, 0.15) is 30.8 Å². The molecule has 18 heavy (non-hydrogen) atoms. The molecular formula is C11H16ClNO4S.